The number of hydrogen-bond acceptors (Lipinski definition) is 11. The van der Waals surface area contributed by atoms with Gasteiger partial charge in [-0.05, 0) is 92.8 Å². The van der Waals surface area contributed by atoms with Gasteiger partial charge >= 0.3 is 17.1 Å². The van der Waals surface area contributed by atoms with Gasteiger partial charge in [0.25, 0.3) is 0 Å². The molecule has 17 atom stereocenters. The summed E-state index contributed by atoms with van der Waals surface area (Å²) in [4.78, 5) is 0. The molecule has 0 radical (unpaired) electrons. The Labute approximate surface area is 280 Å². The Morgan fingerprint density at radius 1 is 0.378 bits per heavy atom. The molecule has 5 aliphatic heterocycles. The fourth-order valence-corrected chi connectivity index (χ4v) is 12.4. The maximum Gasteiger partial charge on any atom is 1.00 e. The van der Waals surface area contributed by atoms with Crippen LogP contribution in [0.15, 0.2) is 0 Å². The van der Waals surface area contributed by atoms with E-state index in [1.165, 1.54) is 89.9 Å². The van der Waals surface area contributed by atoms with Crippen LogP contribution in [0.1, 0.15) is 96.3 Å². The molecule has 4 aliphatic carbocycles. The Bertz CT molecular complexity index is 1010. The molecule has 17 unspecified atom stereocenters. The van der Waals surface area contributed by atoms with Crippen LogP contribution in [0.25, 0.3) is 5.84 Å². The summed E-state index contributed by atoms with van der Waals surface area (Å²) in [7, 11) is 0. The largest absolute Gasteiger partial charge is 1.00 e. The van der Waals surface area contributed by atoms with E-state index >= 15 is 0 Å². The minimum Gasteiger partial charge on any atom is -0.597 e. The van der Waals surface area contributed by atoms with Gasteiger partial charge in [0.05, 0.1) is 49.3 Å². The average Bonchev–Trinajstić information content (AvgIpc) is 3.79. The van der Waals surface area contributed by atoms with Gasteiger partial charge in [-0.2, -0.15) is 0 Å². The van der Waals surface area contributed by atoms with Gasteiger partial charge in [-0.15, -0.1) is 0 Å². The predicted octanol–water partition coefficient (Wildman–Crippen LogP) is 1.15. The summed E-state index contributed by atoms with van der Waals surface area (Å²) in [5.41, 5.74) is 8.80. The molecule has 4 saturated carbocycles. The normalized spacial score (nSPS) is 53.9. The minimum atomic E-state index is 0. The Balaban J connectivity index is 0.00000300. The van der Waals surface area contributed by atoms with Gasteiger partial charge in [0.1, 0.15) is 0 Å². The fourth-order valence-electron chi connectivity index (χ4n) is 12.4. The molecule has 0 aromatic rings. The second-order valence-electron chi connectivity index (χ2n) is 16.2. The van der Waals surface area contributed by atoms with E-state index in [0.29, 0.717) is 90.4 Å². The molecule has 0 spiro atoms. The Morgan fingerprint density at radius 3 is 1.04 bits per heavy atom. The molecule has 0 aromatic carbocycles. The third-order valence-electron chi connectivity index (χ3n) is 14.2. The van der Waals surface area contributed by atoms with Crippen LogP contribution in [0.4, 0.5) is 0 Å². The summed E-state index contributed by atoms with van der Waals surface area (Å²) in [5, 5.41) is 33.6. The van der Waals surface area contributed by atoms with Crippen molar-refractivity contribution in [1.29, 1.82) is 0 Å². The van der Waals surface area contributed by atoms with Crippen LogP contribution in [0.2, 0.25) is 0 Å². The van der Waals surface area contributed by atoms with Crippen LogP contribution < -0.4 is 59.0 Å². The van der Waals surface area contributed by atoms with Gasteiger partial charge in [-0.25, -0.2) is 11.0 Å². The molecule has 9 aliphatic rings. The number of hydrazine groups is 2. The van der Waals surface area contributed by atoms with Crippen LogP contribution in [-0.2, 0) is 17.1 Å². The van der Waals surface area contributed by atoms with Crippen LogP contribution >= 0.6 is 0 Å². The molecule has 8 bridgehead atoms. The molecule has 0 aromatic heterocycles. The Kier molecular flexibility index (Phi) is 9.85. The summed E-state index contributed by atoms with van der Waals surface area (Å²) in [6.07, 6.45) is 22.3. The fraction of sp³-hybridized carbons (Fsp3) is 1.00. The topological polar surface area (TPSA) is 156 Å². The van der Waals surface area contributed by atoms with Gasteiger partial charge < -0.3 is 11.4 Å². The van der Waals surface area contributed by atoms with Gasteiger partial charge in [0, 0.05) is 12.0 Å². The molecule has 12 N–H and O–H groups in total. The van der Waals surface area contributed by atoms with E-state index in [2.05, 4.69) is 59.0 Å². The van der Waals surface area contributed by atoms with Gasteiger partial charge in [0.15, 0.2) is 0 Å². The van der Waals surface area contributed by atoms with E-state index in [1.807, 2.05) is 0 Å². The zero-order chi connectivity index (χ0) is 29.2. The van der Waals surface area contributed by atoms with Crippen molar-refractivity contribution >= 4 is 0 Å². The molecule has 5 heterocycles. The molecule has 45 heavy (non-hydrogen) atoms. The number of rotatable bonds is 3. The molecule has 5 saturated heterocycles. The molecule has 9 fully saturated rings. The van der Waals surface area contributed by atoms with Crippen molar-refractivity contribution in [2.75, 3.05) is 0 Å². The van der Waals surface area contributed by atoms with E-state index in [0.717, 1.165) is 6.42 Å². The van der Waals surface area contributed by atoms with Crippen molar-refractivity contribution in [3.63, 3.8) is 0 Å². The minimum absolute atomic E-state index is 0. The van der Waals surface area contributed by atoms with Gasteiger partial charge in [0.2, 0.25) is 0 Å². The number of nitrogens with one attached hydrogen (secondary N) is 12. The van der Waals surface area contributed by atoms with E-state index in [9.17, 15) is 0 Å². The van der Waals surface area contributed by atoms with Crippen molar-refractivity contribution in [1.82, 2.24) is 59.0 Å². The van der Waals surface area contributed by atoms with Crippen molar-refractivity contribution in [3.8, 4) is 0 Å². The molecule has 0 amide bonds. The smallest absolute Gasteiger partial charge is 0.597 e. The Hall–Kier alpha value is 0.0395. The van der Waals surface area contributed by atoms with E-state index in [1.54, 1.807) is 0 Å². The first-order chi connectivity index (χ1) is 21.7. The first-order valence-electron chi connectivity index (χ1n) is 18.8. The average molecular weight is 675 g/mol. The SMILES string of the molecule is [Cu+].[NH-]NNNC1CCCC2C3NC4NC(NC5NC(NC6NC(NC(N3)C12)C1CCCCC61)C1CCCCC51)C1CCCCC41. The third kappa shape index (κ3) is 5.88. The zero-order valence-electron chi connectivity index (χ0n) is 26.7. The summed E-state index contributed by atoms with van der Waals surface area (Å²) in [6, 6.07) is 0.305. The van der Waals surface area contributed by atoms with Crippen LogP contribution in [0.5, 0.6) is 0 Å². The molecular weight excluding hydrogens is 616 g/mol. The number of hydrogen-bond donors (Lipinski definition) is 11. The third-order valence-corrected chi connectivity index (χ3v) is 14.2. The summed E-state index contributed by atoms with van der Waals surface area (Å²) >= 11 is 0. The van der Waals surface area contributed by atoms with Crippen LogP contribution in [0.3, 0.4) is 0 Å². The van der Waals surface area contributed by atoms with Crippen molar-refractivity contribution in [3.05, 3.63) is 5.84 Å². The quantitative estimate of drug-likeness (QED) is 0.154. The monoisotopic (exact) mass is 674 g/mol. The zero-order valence-corrected chi connectivity index (χ0v) is 27.7. The van der Waals surface area contributed by atoms with Crippen molar-refractivity contribution in [2.24, 2.45) is 47.3 Å². The van der Waals surface area contributed by atoms with E-state index in [-0.39, 0.29) is 29.4 Å². The van der Waals surface area contributed by atoms with Crippen LogP contribution in [-0.4, -0.2) is 55.4 Å². The van der Waals surface area contributed by atoms with Gasteiger partial charge in [-0.3, -0.25) is 42.5 Å². The Morgan fingerprint density at radius 2 is 0.689 bits per heavy atom. The maximum atomic E-state index is 7.51. The van der Waals surface area contributed by atoms with E-state index in [4.69, 9.17) is 5.84 Å². The summed E-state index contributed by atoms with van der Waals surface area (Å²) < 4.78 is 0. The van der Waals surface area contributed by atoms with Gasteiger partial charge in [-0.1, -0.05) is 44.9 Å². The maximum absolute atomic E-state index is 7.51. The summed E-state index contributed by atoms with van der Waals surface area (Å²) in [6.45, 7) is 0. The molecular formula is C32H59CuN12. The molecule has 9 rings (SSSR count). The van der Waals surface area contributed by atoms with E-state index < -0.39 is 0 Å². The standard InChI is InChI=1S/C32H59N12.Cu/c33-43-44-42-23-15-7-14-22-24(23)32-40-30-21-13-6-5-12-20(21)28(38-30)36-26-17-9-2-1-8-16(17)25(34-26)35-27-18-10-3-4-11-19(18)29(37-27)39-31(22)41-32;/h16-44H,1-15H2;/q-1;+1. The molecule has 258 valence electrons. The second-order valence-corrected chi connectivity index (χ2v) is 16.2. The molecule has 12 nitrogen and oxygen atoms in total. The number of fused-ring (bicyclic) bond motifs is 20. The first kappa shape index (κ1) is 32.3. The first-order valence-corrected chi connectivity index (χ1v) is 18.8. The summed E-state index contributed by atoms with van der Waals surface area (Å²) in [5.74, 6) is 12.6. The molecule has 13 heteroatoms. The van der Waals surface area contributed by atoms with Crippen molar-refractivity contribution < 1.29 is 17.1 Å². The van der Waals surface area contributed by atoms with Crippen molar-refractivity contribution in [2.45, 2.75) is 152 Å². The van der Waals surface area contributed by atoms with Crippen LogP contribution in [0, 0.1) is 47.3 Å². The second kappa shape index (κ2) is 13.7. The predicted molar refractivity (Wildman–Crippen MR) is 170 cm³/mol.